The fraction of sp³-hybridized carbons (Fsp3) is 0.500. The van der Waals surface area contributed by atoms with Gasteiger partial charge in [-0.3, -0.25) is 25.0 Å². The molecule has 0 saturated carbocycles. The molecule has 2 rings (SSSR count). The van der Waals surface area contributed by atoms with Gasteiger partial charge in [-0.05, 0) is 41.7 Å². The molecule has 9 heteroatoms. The Hall–Kier alpha value is -2.81. The molecule has 0 bridgehead atoms. The van der Waals surface area contributed by atoms with Crippen LogP contribution in [0.4, 0.5) is 11.4 Å². The molecule has 0 radical (unpaired) electrons. The second-order valence-electron chi connectivity index (χ2n) is 7.57. The summed E-state index contributed by atoms with van der Waals surface area (Å²) in [5.41, 5.74) is 0.442. The van der Waals surface area contributed by atoms with Gasteiger partial charge in [0.1, 0.15) is 0 Å². The molecule has 2 aromatic rings. The molecule has 168 valence electrons. The number of nitro groups is 2. The first kappa shape index (κ1) is 24.5. The highest BCUT2D eigenvalue weighted by molar-refractivity contribution is 7.07. The lowest BCUT2D eigenvalue weighted by Crippen LogP contribution is -2.24. The van der Waals surface area contributed by atoms with Crippen molar-refractivity contribution in [3.8, 4) is 0 Å². The van der Waals surface area contributed by atoms with Crippen molar-refractivity contribution in [1.29, 1.82) is 0 Å². The van der Waals surface area contributed by atoms with Crippen molar-refractivity contribution in [2.45, 2.75) is 64.2 Å². The number of thiophene rings is 1. The number of unbranched alkanes of at least 4 members (excludes halogenated alkanes) is 8. The average Bonchev–Trinajstić information content (AvgIpc) is 3.27. The molecule has 1 aromatic heterocycles. The predicted molar refractivity (Wildman–Crippen MR) is 122 cm³/mol. The summed E-state index contributed by atoms with van der Waals surface area (Å²) in [7, 11) is 0. The van der Waals surface area contributed by atoms with E-state index in [0.717, 1.165) is 37.5 Å². The molecular formula is C22H29N3O5S. The number of rotatable bonds is 15. The number of benzene rings is 1. The number of hydrogen-bond donors (Lipinski definition) is 1. The molecule has 0 fully saturated rings. The van der Waals surface area contributed by atoms with Crippen LogP contribution >= 0.6 is 11.3 Å². The molecule has 0 aliphatic rings. The van der Waals surface area contributed by atoms with E-state index in [9.17, 15) is 25.0 Å². The SMILES string of the molecule is O=C(NCCCCCCCCCCCc1ccsc1)c1cc([N+](=O)[O-])cc([N+](=O)[O-])c1. The third-order valence-electron chi connectivity index (χ3n) is 5.09. The number of non-ortho nitro benzene ring substituents is 2. The number of nitrogens with zero attached hydrogens (tertiary/aromatic N) is 2. The minimum Gasteiger partial charge on any atom is -0.352 e. The van der Waals surface area contributed by atoms with Crippen molar-refractivity contribution in [3.63, 3.8) is 0 Å². The minimum absolute atomic E-state index is 0.0695. The van der Waals surface area contributed by atoms with Crippen molar-refractivity contribution in [1.82, 2.24) is 5.32 Å². The van der Waals surface area contributed by atoms with Crippen molar-refractivity contribution in [2.75, 3.05) is 6.54 Å². The van der Waals surface area contributed by atoms with Crippen LogP contribution in [0, 0.1) is 20.2 Å². The fourth-order valence-corrected chi connectivity index (χ4v) is 4.07. The van der Waals surface area contributed by atoms with E-state index in [0.29, 0.717) is 6.54 Å². The van der Waals surface area contributed by atoms with Gasteiger partial charge in [0.25, 0.3) is 17.3 Å². The topological polar surface area (TPSA) is 115 Å². The molecule has 0 aliphatic carbocycles. The lowest BCUT2D eigenvalue weighted by atomic mass is 10.0. The third-order valence-corrected chi connectivity index (χ3v) is 5.83. The van der Waals surface area contributed by atoms with Gasteiger partial charge >= 0.3 is 0 Å². The Bertz CT molecular complexity index is 823. The van der Waals surface area contributed by atoms with Gasteiger partial charge in [-0.1, -0.05) is 44.9 Å². The van der Waals surface area contributed by atoms with Gasteiger partial charge in [-0.25, -0.2) is 0 Å². The van der Waals surface area contributed by atoms with Crippen molar-refractivity contribution in [3.05, 3.63) is 66.4 Å². The number of amides is 1. The van der Waals surface area contributed by atoms with E-state index < -0.39 is 27.1 Å². The summed E-state index contributed by atoms with van der Waals surface area (Å²) < 4.78 is 0. The predicted octanol–water partition coefficient (Wildman–Crippen LogP) is 6.05. The van der Waals surface area contributed by atoms with Gasteiger partial charge in [-0.15, -0.1) is 0 Å². The van der Waals surface area contributed by atoms with Crippen LogP contribution in [0.5, 0.6) is 0 Å². The molecule has 0 saturated heterocycles. The summed E-state index contributed by atoms with van der Waals surface area (Å²) in [4.78, 5) is 32.5. The average molecular weight is 448 g/mol. The Labute approximate surface area is 186 Å². The third kappa shape index (κ3) is 9.25. The zero-order valence-electron chi connectivity index (χ0n) is 17.6. The van der Waals surface area contributed by atoms with E-state index in [1.54, 1.807) is 11.3 Å². The van der Waals surface area contributed by atoms with E-state index >= 15 is 0 Å². The maximum atomic E-state index is 12.2. The van der Waals surface area contributed by atoms with Gasteiger partial charge in [0.2, 0.25) is 0 Å². The molecule has 0 unspecified atom stereocenters. The standard InChI is InChI=1S/C22H29N3O5S/c26-22(19-14-20(24(27)28)16-21(15-19)25(29)30)23-12-9-7-5-3-1-2-4-6-8-10-18-11-13-31-17-18/h11,13-17H,1-10,12H2,(H,23,26). The van der Waals surface area contributed by atoms with E-state index in [-0.39, 0.29) is 5.56 Å². The van der Waals surface area contributed by atoms with E-state index in [1.165, 1.54) is 50.5 Å². The summed E-state index contributed by atoms with van der Waals surface area (Å²) in [6, 6.07) is 5.16. The fourth-order valence-electron chi connectivity index (χ4n) is 3.37. The van der Waals surface area contributed by atoms with Crippen LogP contribution in [-0.4, -0.2) is 22.3 Å². The highest BCUT2D eigenvalue weighted by Crippen LogP contribution is 2.22. The number of aryl methyl sites for hydroxylation is 1. The Morgan fingerprint density at radius 1 is 0.839 bits per heavy atom. The number of carbonyl (C=O) groups is 1. The first-order valence-corrected chi connectivity index (χ1v) is 11.6. The van der Waals surface area contributed by atoms with E-state index in [2.05, 4.69) is 22.1 Å². The highest BCUT2D eigenvalue weighted by atomic mass is 32.1. The second kappa shape index (κ2) is 13.5. The normalized spacial score (nSPS) is 10.7. The van der Waals surface area contributed by atoms with Gasteiger partial charge in [0, 0.05) is 18.7 Å². The number of nitrogens with one attached hydrogen (secondary N) is 1. The van der Waals surface area contributed by atoms with Gasteiger partial charge in [-0.2, -0.15) is 11.3 Å². The monoisotopic (exact) mass is 447 g/mol. The zero-order chi connectivity index (χ0) is 22.5. The summed E-state index contributed by atoms with van der Waals surface area (Å²) in [6.07, 6.45) is 11.5. The molecule has 1 amide bonds. The molecule has 0 atom stereocenters. The first-order chi connectivity index (χ1) is 15.0. The molecule has 8 nitrogen and oxygen atoms in total. The molecule has 0 spiro atoms. The first-order valence-electron chi connectivity index (χ1n) is 10.7. The van der Waals surface area contributed by atoms with Crippen LogP contribution in [0.2, 0.25) is 0 Å². The van der Waals surface area contributed by atoms with Crippen molar-refractivity contribution < 1.29 is 14.6 Å². The van der Waals surface area contributed by atoms with Crippen LogP contribution in [-0.2, 0) is 6.42 Å². The largest absolute Gasteiger partial charge is 0.352 e. The molecule has 1 aromatic carbocycles. The molecule has 31 heavy (non-hydrogen) atoms. The van der Waals surface area contributed by atoms with Crippen LogP contribution in [0.15, 0.2) is 35.0 Å². The Morgan fingerprint density at radius 3 is 1.90 bits per heavy atom. The van der Waals surface area contributed by atoms with Gasteiger partial charge in [0.05, 0.1) is 21.5 Å². The summed E-state index contributed by atoms with van der Waals surface area (Å²) in [6.45, 7) is 0.442. The van der Waals surface area contributed by atoms with Gasteiger partial charge < -0.3 is 5.32 Å². The molecular weight excluding hydrogens is 418 g/mol. The Morgan fingerprint density at radius 2 is 1.39 bits per heavy atom. The smallest absolute Gasteiger partial charge is 0.277 e. The maximum absolute atomic E-state index is 12.2. The summed E-state index contributed by atoms with van der Waals surface area (Å²) in [5.74, 6) is -0.533. The van der Waals surface area contributed by atoms with Crippen molar-refractivity contribution in [2.24, 2.45) is 0 Å². The van der Waals surface area contributed by atoms with Crippen LogP contribution < -0.4 is 5.32 Å². The molecule has 0 aliphatic heterocycles. The summed E-state index contributed by atoms with van der Waals surface area (Å²) >= 11 is 1.75. The quantitative estimate of drug-likeness (QED) is 0.203. The lowest BCUT2D eigenvalue weighted by Gasteiger charge is -2.06. The highest BCUT2D eigenvalue weighted by Gasteiger charge is 2.19. The second-order valence-corrected chi connectivity index (χ2v) is 8.35. The number of carbonyl (C=O) groups excluding carboxylic acids is 1. The Kier molecular flexibility index (Phi) is 10.6. The van der Waals surface area contributed by atoms with E-state index in [1.807, 2.05) is 0 Å². The number of nitro benzene ring substituents is 2. The molecule has 1 N–H and O–H groups in total. The minimum atomic E-state index is -0.743. The van der Waals surface area contributed by atoms with Crippen LogP contribution in [0.3, 0.4) is 0 Å². The zero-order valence-corrected chi connectivity index (χ0v) is 18.4. The summed E-state index contributed by atoms with van der Waals surface area (Å²) in [5, 5.41) is 28.8. The number of hydrogen-bond acceptors (Lipinski definition) is 6. The maximum Gasteiger partial charge on any atom is 0.277 e. The van der Waals surface area contributed by atoms with Crippen LogP contribution in [0.1, 0.15) is 73.7 Å². The Balaban J connectivity index is 1.53. The van der Waals surface area contributed by atoms with Gasteiger partial charge in [0.15, 0.2) is 0 Å². The van der Waals surface area contributed by atoms with E-state index in [4.69, 9.17) is 0 Å². The van der Waals surface area contributed by atoms with Crippen LogP contribution in [0.25, 0.3) is 0 Å². The molecule has 1 heterocycles. The van der Waals surface area contributed by atoms with Crippen molar-refractivity contribution >= 4 is 28.6 Å². The lowest BCUT2D eigenvalue weighted by molar-refractivity contribution is -0.394.